The first-order chi connectivity index (χ1) is 11.4. The van der Waals surface area contributed by atoms with Gasteiger partial charge in [-0.15, -0.1) is 6.58 Å². The van der Waals surface area contributed by atoms with Crippen molar-refractivity contribution in [2.24, 2.45) is 0 Å². The molecule has 1 aromatic rings. The number of piperidine rings is 1. The number of Topliss-reactive ketones (excluding diaryl/α,β-unsaturated/α-hetero) is 1. The molecule has 1 saturated heterocycles. The topological polar surface area (TPSA) is 41.6 Å². The molecule has 2 aliphatic rings. The van der Waals surface area contributed by atoms with Crippen LogP contribution in [0.3, 0.4) is 0 Å². The number of fused-ring (bicyclic) bond motifs is 1. The van der Waals surface area contributed by atoms with E-state index in [-0.39, 0.29) is 11.4 Å². The molecule has 24 heavy (non-hydrogen) atoms. The summed E-state index contributed by atoms with van der Waals surface area (Å²) in [6, 6.07) is 4.02. The van der Waals surface area contributed by atoms with Crippen molar-refractivity contribution in [2.45, 2.75) is 38.7 Å². The van der Waals surface area contributed by atoms with Crippen LogP contribution in [0.5, 0.6) is 5.75 Å². The summed E-state index contributed by atoms with van der Waals surface area (Å²) < 4.78 is 6.40. The van der Waals surface area contributed by atoms with Crippen molar-refractivity contribution in [3.63, 3.8) is 0 Å². The van der Waals surface area contributed by atoms with Gasteiger partial charge in [0.2, 0.25) is 0 Å². The standard InChI is InChI=1S/C19H24N2O2S/c1-4-7-20-18(24)21-8-5-19(6-9-21)12-16(22)15-11-13(2)10-14(3)17(15)23-19/h4,10-11H,1,5-9,12H2,2-3H3,(H,20,24). The average Bonchev–Trinajstić information content (AvgIpc) is 2.55. The Bertz CT molecular complexity index is 691. The van der Waals surface area contributed by atoms with E-state index < -0.39 is 0 Å². The highest BCUT2D eigenvalue weighted by molar-refractivity contribution is 7.80. The van der Waals surface area contributed by atoms with Crippen LogP contribution < -0.4 is 10.1 Å². The summed E-state index contributed by atoms with van der Waals surface area (Å²) >= 11 is 5.41. The zero-order chi connectivity index (χ0) is 17.3. The predicted octanol–water partition coefficient (Wildman–Crippen LogP) is 3.16. The number of benzene rings is 1. The van der Waals surface area contributed by atoms with E-state index >= 15 is 0 Å². The van der Waals surface area contributed by atoms with Crippen LogP contribution in [0.2, 0.25) is 0 Å². The lowest BCUT2D eigenvalue weighted by molar-refractivity contribution is 0.00307. The van der Waals surface area contributed by atoms with Gasteiger partial charge in [0.25, 0.3) is 0 Å². The minimum Gasteiger partial charge on any atom is -0.486 e. The van der Waals surface area contributed by atoms with Crippen molar-refractivity contribution in [1.82, 2.24) is 10.2 Å². The van der Waals surface area contributed by atoms with Gasteiger partial charge in [0.15, 0.2) is 10.9 Å². The Morgan fingerprint density at radius 3 is 2.79 bits per heavy atom. The molecule has 0 amide bonds. The number of ketones is 1. The molecule has 0 radical (unpaired) electrons. The van der Waals surface area contributed by atoms with Gasteiger partial charge in [-0.3, -0.25) is 4.79 Å². The monoisotopic (exact) mass is 344 g/mol. The van der Waals surface area contributed by atoms with E-state index in [1.807, 2.05) is 19.9 Å². The van der Waals surface area contributed by atoms with Crippen LogP contribution in [-0.4, -0.2) is 41.0 Å². The fourth-order valence-electron chi connectivity index (χ4n) is 3.60. The number of ether oxygens (including phenoxy) is 1. The molecule has 3 rings (SSSR count). The fraction of sp³-hybridized carbons (Fsp3) is 0.474. The molecule has 0 atom stereocenters. The van der Waals surface area contributed by atoms with Crippen LogP contribution in [0.25, 0.3) is 0 Å². The van der Waals surface area contributed by atoms with E-state index in [4.69, 9.17) is 17.0 Å². The molecular weight excluding hydrogens is 320 g/mol. The number of nitrogens with zero attached hydrogens (tertiary/aromatic N) is 1. The number of carbonyl (C=O) groups excluding carboxylic acids is 1. The fourth-order valence-corrected chi connectivity index (χ4v) is 3.87. The normalized spacial score (nSPS) is 18.8. The summed E-state index contributed by atoms with van der Waals surface area (Å²) in [5.41, 5.74) is 2.51. The first-order valence-electron chi connectivity index (χ1n) is 8.41. The Labute approximate surface area is 148 Å². The third-order valence-corrected chi connectivity index (χ3v) is 5.28. The molecule has 0 saturated carbocycles. The van der Waals surface area contributed by atoms with Gasteiger partial charge in [0, 0.05) is 32.5 Å². The second-order valence-electron chi connectivity index (χ2n) is 6.81. The molecule has 4 nitrogen and oxygen atoms in total. The number of aryl methyl sites for hydroxylation is 2. The summed E-state index contributed by atoms with van der Waals surface area (Å²) in [6.07, 6.45) is 3.87. The van der Waals surface area contributed by atoms with Crippen LogP contribution in [-0.2, 0) is 0 Å². The predicted molar refractivity (Wildman–Crippen MR) is 99.8 cm³/mol. The van der Waals surface area contributed by atoms with Gasteiger partial charge in [0.05, 0.1) is 12.0 Å². The Morgan fingerprint density at radius 2 is 2.12 bits per heavy atom. The van der Waals surface area contributed by atoms with Crippen molar-refractivity contribution >= 4 is 23.1 Å². The maximum Gasteiger partial charge on any atom is 0.170 e. The van der Waals surface area contributed by atoms with Crippen LogP contribution in [0.4, 0.5) is 0 Å². The van der Waals surface area contributed by atoms with E-state index in [0.29, 0.717) is 13.0 Å². The van der Waals surface area contributed by atoms with E-state index in [9.17, 15) is 4.79 Å². The quantitative estimate of drug-likeness (QED) is 0.659. The SMILES string of the molecule is C=CCNC(=S)N1CCC2(CC1)CC(=O)c1cc(C)cc(C)c1O2. The highest BCUT2D eigenvalue weighted by atomic mass is 32.1. The number of nitrogens with one attached hydrogen (secondary N) is 1. The van der Waals surface area contributed by atoms with E-state index in [0.717, 1.165) is 53.5 Å². The molecule has 1 N–H and O–H groups in total. The van der Waals surface area contributed by atoms with E-state index in [1.165, 1.54) is 0 Å². The lowest BCUT2D eigenvalue weighted by Gasteiger charge is -2.45. The smallest absolute Gasteiger partial charge is 0.170 e. The lowest BCUT2D eigenvalue weighted by Crippen LogP contribution is -2.54. The van der Waals surface area contributed by atoms with Crippen molar-refractivity contribution in [3.05, 3.63) is 41.5 Å². The van der Waals surface area contributed by atoms with E-state index in [2.05, 4.69) is 22.9 Å². The van der Waals surface area contributed by atoms with E-state index in [1.54, 1.807) is 6.08 Å². The summed E-state index contributed by atoms with van der Waals surface area (Å²) in [6.45, 7) is 9.99. The van der Waals surface area contributed by atoms with Crippen LogP contribution in [0, 0.1) is 13.8 Å². The number of hydrogen-bond donors (Lipinski definition) is 1. The van der Waals surface area contributed by atoms with Gasteiger partial charge in [-0.05, 0) is 43.3 Å². The number of hydrogen-bond acceptors (Lipinski definition) is 3. The van der Waals surface area contributed by atoms with Crippen LogP contribution in [0.1, 0.15) is 40.7 Å². The summed E-state index contributed by atoms with van der Waals surface area (Å²) in [7, 11) is 0. The number of carbonyl (C=O) groups is 1. The van der Waals surface area contributed by atoms with Crippen molar-refractivity contribution in [3.8, 4) is 5.75 Å². The lowest BCUT2D eigenvalue weighted by atomic mass is 9.81. The third kappa shape index (κ3) is 3.18. The Hall–Kier alpha value is -1.88. The highest BCUT2D eigenvalue weighted by Crippen LogP contribution is 2.41. The van der Waals surface area contributed by atoms with Gasteiger partial charge >= 0.3 is 0 Å². The van der Waals surface area contributed by atoms with Crippen LogP contribution in [0.15, 0.2) is 24.8 Å². The largest absolute Gasteiger partial charge is 0.486 e. The molecule has 128 valence electrons. The second-order valence-corrected chi connectivity index (χ2v) is 7.19. The number of likely N-dealkylation sites (tertiary alicyclic amines) is 1. The molecular formula is C19H24N2O2S. The first-order valence-corrected chi connectivity index (χ1v) is 8.82. The second kappa shape index (κ2) is 6.55. The zero-order valence-corrected chi connectivity index (χ0v) is 15.2. The average molecular weight is 344 g/mol. The molecule has 1 spiro atoms. The minimum absolute atomic E-state index is 0.198. The van der Waals surface area contributed by atoms with Crippen molar-refractivity contribution in [1.29, 1.82) is 0 Å². The van der Waals surface area contributed by atoms with Gasteiger partial charge in [-0.2, -0.15) is 0 Å². The zero-order valence-electron chi connectivity index (χ0n) is 14.4. The highest BCUT2D eigenvalue weighted by Gasteiger charge is 2.43. The van der Waals surface area contributed by atoms with Crippen molar-refractivity contribution in [2.75, 3.05) is 19.6 Å². The Kier molecular flexibility index (Phi) is 4.63. The number of thiocarbonyl (C=S) groups is 1. The van der Waals surface area contributed by atoms with Crippen molar-refractivity contribution < 1.29 is 9.53 Å². The van der Waals surface area contributed by atoms with Gasteiger partial charge in [-0.25, -0.2) is 0 Å². The molecule has 0 aromatic heterocycles. The molecule has 5 heteroatoms. The van der Waals surface area contributed by atoms with Gasteiger partial charge in [0.1, 0.15) is 11.4 Å². The molecule has 1 fully saturated rings. The Balaban J connectivity index is 1.74. The van der Waals surface area contributed by atoms with Crippen LogP contribution >= 0.6 is 12.2 Å². The molecule has 2 heterocycles. The molecule has 0 unspecified atom stereocenters. The summed E-state index contributed by atoms with van der Waals surface area (Å²) in [5, 5.41) is 3.91. The van der Waals surface area contributed by atoms with Gasteiger partial charge < -0.3 is 15.0 Å². The molecule has 0 aliphatic carbocycles. The minimum atomic E-state index is -0.380. The number of rotatable bonds is 2. The summed E-state index contributed by atoms with van der Waals surface area (Å²) in [4.78, 5) is 14.8. The molecule has 1 aromatic carbocycles. The maximum absolute atomic E-state index is 12.7. The third-order valence-electron chi connectivity index (χ3n) is 4.88. The maximum atomic E-state index is 12.7. The first kappa shape index (κ1) is 17.0. The summed E-state index contributed by atoms with van der Waals surface area (Å²) in [5.74, 6) is 0.974. The molecule has 0 bridgehead atoms. The molecule has 2 aliphatic heterocycles. The van der Waals surface area contributed by atoms with Gasteiger partial charge in [-0.1, -0.05) is 12.1 Å². The Morgan fingerprint density at radius 1 is 1.42 bits per heavy atom.